The number of hydrogen-bond donors (Lipinski definition) is 0. The second kappa shape index (κ2) is 11.4. The summed E-state index contributed by atoms with van der Waals surface area (Å²) >= 11 is 0. The monoisotopic (exact) mass is 581 g/mol. The van der Waals surface area contributed by atoms with Gasteiger partial charge in [0.25, 0.3) is 5.56 Å². The molecule has 0 N–H and O–H groups in total. The lowest BCUT2D eigenvalue weighted by Gasteiger charge is -2.14. The van der Waals surface area contributed by atoms with Gasteiger partial charge in [0.2, 0.25) is 5.82 Å². The van der Waals surface area contributed by atoms with Gasteiger partial charge in [0, 0.05) is 5.56 Å². The molecule has 2 heterocycles. The third-order valence-corrected chi connectivity index (χ3v) is 7.51. The lowest BCUT2D eigenvalue weighted by atomic mass is 10.1. The van der Waals surface area contributed by atoms with E-state index in [0.717, 1.165) is 21.7 Å². The predicted octanol–water partition coefficient (Wildman–Crippen LogP) is 7.44. The minimum atomic E-state index is -0.338. The van der Waals surface area contributed by atoms with Gasteiger partial charge in [-0.05, 0) is 58.8 Å². The first-order chi connectivity index (χ1) is 21.6. The molecule has 44 heavy (non-hydrogen) atoms. The predicted molar refractivity (Wildman–Crippen MR) is 172 cm³/mol. The molecule has 7 rings (SSSR count). The van der Waals surface area contributed by atoms with Gasteiger partial charge >= 0.3 is 0 Å². The second-order valence-corrected chi connectivity index (χ2v) is 10.1. The molecule has 0 spiro atoms. The Balaban J connectivity index is 1.33. The highest BCUT2D eigenvalue weighted by Crippen LogP contribution is 2.34. The standard InChI is InChI=1S/C36H27N3O5/c1-41-30-17-9-18-31-28(30)20-33(44-31)35-38-29-16-6-5-15-27(29)36(40)39(35)37-21-24-12-8-19-32(42-2)34(24)43-22-25-13-7-11-23-10-3-4-14-26(23)25/h3-21H,22H2,1-2H3. The second-order valence-electron chi connectivity index (χ2n) is 10.1. The minimum Gasteiger partial charge on any atom is -0.496 e. The van der Waals surface area contributed by atoms with Crippen molar-refractivity contribution in [3.63, 3.8) is 0 Å². The van der Waals surface area contributed by atoms with E-state index < -0.39 is 0 Å². The topological polar surface area (TPSA) is 88.1 Å². The van der Waals surface area contributed by atoms with Crippen molar-refractivity contribution in [2.75, 3.05) is 14.2 Å². The van der Waals surface area contributed by atoms with Crippen LogP contribution in [-0.4, -0.2) is 30.1 Å². The number of methoxy groups -OCH3 is 2. The van der Waals surface area contributed by atoms with Crippen molar-refractivity contribution >= 4 is 38.9 Å². The number of para-hydroxylation sites is 2. The highest BCUT2D eigenvalue weighted by molar-refractivity contribution is 5.89. The van der Waals surface area contributed by atoms with E-state index in [1.165, 1.54) is 4.68 Å². The Morgan fingerprint density at radius 1 is 0.795 bits per heavy atom. The molecular formula is C36H27N3O5. The number of hydrogen-bond acceptors (Lipinski definition) is 7. The van der Waals surface area contributed by atoms with Crippen molar-refractivity contribution in [1.29, 1.82) is 0 Å². The Kier molecular flexibility index (Phi) is 7.00. The fraction of sp³-hybridized carbons (Fsp3) is 0.0833. The van der Waals surface area contributed by atoms with Crippen molar-refractivity contribution in [2.45, 2.75) is 6.61 Å². The molecule has 8 nitrogen and oxygen atoms in total. The van der Waals surface area contributed by atoms with Gasteiger partial charge in [-0.2, -0.15) is 9.78 Å². The first-order valence-corrected chi connectivity index (χ1v) is 14.0. The van der Waals surface area contributed by atoms with E-state index in [1.807, 2.05) is 66.7 Å². The zero-order valence-electron chi connectivity index (χ0n) is 24.1. The van der Waals surface area contributed by atoms with Crippen molar-refractivity contribution in [2.24, 2.45) is 5.10 Å². The van der Waals surface area contributed by atoms with Crippen LogP contribution < -0.4 is 19.8 Å². The summed E-state index contributed by atoms with van der Waals surface area (Å²) in [6.45, 7) is 0.312. The van der Waals surface area contributed by atoms with E-state index >= 15 is 0 Å². The van der Waals surface area contributed by atoms with Crippen LogP contribution in [0.1, 0.15) is 11.1 Å². The minimum absolute atomic E-state index is 0.254. The maximum absolute atomic E-state index is 13.8. The first kappa shape index (κ1) is 27.0. The molecule has 2 aromatic heterocycles. The lowest BCUT2D eigenvalue weighted by molar-refractivity contribution is 0.285. The Bertz CT molecular complexity index is 2240. The number of aromatic nitrogens is 2. The summed E-state index contributed by atoms with van der Waals surface area (Å²) < 4.78 is 24.9. The zero-order chi connectivity index (χ0) is 30.0. The molecule has 0 aliphatic heterocycles. The van der Waals surface area contributed by atoms with Crippen molar-refractivity contribution in [3.05, 3.63) is 131 Å². The third kappa shape index (κ3) is 4.82. The summed E-state index contributed by atoms with van der Waals surface area (Å²) in [5.74, 6) is 2.33. The van der Waals surface area contributed by atoms with Crippen LogP contribution in [0.3, 0.4) is 0 Å². The highest BCUT2D eigenvalue weighted by Gasteiger charge is 2.18. The van der Waals surface area contributed by atoms with Crippen LogP contribution in [0.2, 0.25) is 0 Å². The van der Waals surface area contributed by atoms with E-state index in [1.54, 1.807) is 44.7 Å². The molecule has 0 fully saturated rings. The molecular weight excluding hydrogens is 554 g/mol. The SMILES string of the molecule is COc1cccc(C=Nn2c(-c3cc4c(OC)cccc4o3)nc3ccccc3c2=O)c1OCc1cccc2ccccc12. The van der Waals surface area contributed by atoms with E-state index in [-0.39, 0.29) is 11.4 Å². The van der Waals surface area contributed by atoms with Crippen LogP contribution in [0.4, 0.5) is 0 Å². The van der Waals surface area contributed by atoms with Gasteiger partial charge in [-0.15, -0.1) is 0 Å². The smallest absolute Gasteiger partial charge is 0.282 e. The third-order valence-electron chi connectivity index (χ3n) is 7.51. The van der Waals surface area contributed by atoms with Crippen LogP contribution in [0.5, 0.6) is 17.2 Å². The number of nitrogens with zero attached hydrogens (tertiary/aromatic N) is 3. The molecule has 0 aliphatic rings. The summed E-state index contributed by atoms with van der Waals surface area (Å²) in [5.41, 5.74) is 2.47. The fourth-order valence-corrected chi connectivity index (χ4v) is 5.35. The summed E-state index contributed by atoms with van der Waals surface area (Å²) in [7, 11) is 3.19. The summed E-state index contributed by atoms with van der Waals surface area (Å²) in [6, 6.07) is 34.3. The van der Waals surface area contributed by atoms with E-state index in [2.05, 4.69) is 23.3 Å². The first-order valence-electron chi connectivity index (χ1n) is 14.0. The van der Waals surface area contributed by atoms with E-state index in [4.69, 9.17) is 23.6 Å². The van der Waals surface area contributed by atoms with Crippen LogP contribution in [0.25, 0.3) is 44.2 Å². The lowest BCUT2D eigenvalue weighted by Crippen LogP contribution is -2.20. The van der Waals surface area contributed by atoms with Crippen LogP contribution in [0, 0.1) is 0 Å². The molecule has 0 bridgehead atoms. The molecule has 0 saturated heterocycles. The van der Waals surface area contributed by atoms with Gasteiger partial charge in [-0.25, -0.2) is 4.98 Å². The summed E-state index contributed by atoms with van der Waals surface area (Å²) in [4.78, 5) is 18.6. The molecule has 0 aliphatic carbocycles. The highest BCUT2D eigenvalue weighted by atomic mass is 16.5. The van der Waals surface area contributed by atoms with Gasteiger partial charge in [0.05, 0.1) is 36.7 Å². The molecule has 0 saturated carbocycles. The number of benzene rings is 5. The van der Waals surface area contributed by atoms with Gasteiger partial charge in [-0.3, -0.25) is 4.79 Å². The van der Waals surface area contributed by atoms with Crippen LogP contribution in [0.15, 0.2) is 124 Å². The van der Waals surface area contributed by atoms with Gasteiger partial charge in [0.15, 0.2) is 17.3 Å². The Hall–Kier alpha value is -5.89. The number of ether oxygens (including phenoxy) is 3. The van der Waals surface area contributed by atoms with Crippen molar-refractivity contribution < 1.29 is 18.6 Å². The number of rotatable bonds is 8. The number of furan rings is 1. The average molecular weight is 582 g/mol. The summed E-state index contributed by atoms with van der Waals surface area (Å²) in [6.07, 6.45) is 1.57. The number of fused-ring (bicyclic) bond motifs is 3. The van der Waals surface area contributed by atoms with Gasteiger partial charge in [0.1, 0.15) is 17.9 Å². The van der Waals surface area contributed by atoms with E-state index in [0.29, 0.717) is 51.7 Å². The Morgan fingerprint density at radius 3 is 2.39 bits per heavy atom. The molecule has 0 unspecified atom stereocenters. The quantitative estimate of drug-likeness (QED) is 0.173. The fourth-order valence-electron chi connectivity index (χ4n) is 5.35. The molecule has 216 valence electrons. The summed E-state index contributed by atoms with van der Waals surface area (Å²) in [5, 5.41) is 8.09. The molecule has 0 atom stereocenters. The molecule has 8 heteroatoms. The Morgan fingerprint density at radius 2 is 1.52 bits per heavy atom. The van der Waals surface area contributed by atoms with Crippen LogP contribution >= 0.6 is 0 Å². The Labute approximate surface area is 252 Å². The largest absolute Gasteiger partial charge is 0.496 e. The zero-order valence-corrected chi connectivity index (χ0v) is 24.1. The van der Waals surface area contributed by atoms with Crippen LogP contribution in [-0.2, 0) is 6.61 Å². The van der Waals surface area contributed by atoms with Gasteiger partial charge < -0.3 is 18.6 Å². The van der Waals surface area contributed by atoms with Crippen molar-refractivity contribution in [3.8, 4) is 28.8 Å². The van der Waals surface area contributed by atoms with E-state index in [9.17, 15) is 4.79 Å². The van der Waals surface area contributed by atoms with Crippen molar-refractivity contribution in [1.82, 2.24) is 9.66 Å². The maximum Gasteiger partial charge on any atom is 0.282 e. The molecule has 7 aromatic rings. The molecule has 0 amide bonds. The normalized spacial score (nSPS) is 11.5. The molecule has 0 radical (unpaired) electrons. The maximum atomic E-state index is 13.8. The average Bonchev–Trinajstić information content (AvgIpc) is 3.51. The van der Waals surface area contributed by atoms with Gasteiger partial charge in [-0.1, -0.05) is 66.7 Å². The molecule has 5 aromatic carbocycles.